The molecular formula is C15H17F2NO2. The summed E-state index contributed by atoms with van der Waals surface area (Å²) >= 11 is 0. The minimum atomic E-state index is -0.784. The fraction of sp³-hybridized carbons (Fsp3) is 0.400. The quantitative estimate of drug-likeness (QED) is 0.922. The van der Waals surface area contributed by atoms with E-state index in [1.165, 1.54) is 12.1 Å². The van der Waals surface area contributed by atoms with Gasteiger partial charge in [0.1, 0.15) is 11.6 Å². The molecule has 1 aromatic carbocycles. The summed E-state index contributed by atoms with van der Waals surface area (Å²) in [5.41, 5.74) is -0.374. The third kappa shape index (κ3) is 3.22. The second kappa shape index (κ2) is 5.71. The van der Waals surface area contributed by atoms with E-state index < -0.39 is 23.0 Å². The van der Waals surface area contributed by atoms with Crippen molar-refractivity contribution >= 4 is 12.0 Å². The van der Waals surface area contributed by atoms with E-state index in [1.807, 2.05) is 4.90 Å². The van der Waals surface area contributed by atoms with Crippen molar-refractivity contribution in [2.75, 3.05) is 19.6 Å². The van der Waals surface area contributed by atoms with Gasteiger partial charge >= 0.3 is 5.97 Å². The highest BCUT2D eigenvalue weighted by atomic mass is 19.1. The molecular weight excluding hydrogens is 264 g/mol. The van der Waals surface area contributed by atoms with Crippen LogP contribution < -0.4 is 0 Å². The minimum absolute atomic E-state index is 0.326. The van der Waals surface area contributed by atoms with Gasteiger partial charge in [-0.2, -0.15) is 0 Å². The molecule has 0 aliphatic carbocycles. The van der Waals surface area contributed by atoms with Crippen LogP contribution in [0.25, 0.3) is 6.08 Å². The normalized spacial score (nSPS) is 23.6. The number of carboxylic acid groups (broad SMARTS) is 1. The zero-order valence-electron chi connectivity index (χ0n) is 11.3. The van der Waals surface area contributed by atoms with E-state index in [0.29, 0.717) is 31.6 Å². The molecule has 1 saturated heterocycles. The van der Waals surface area contributed by atoms with Crippen molar-refractivity contribution in [2.45, 2.75) is 13.3 Å². The maximum atomic E-state index is 13.4. The summed E-state index contributed by atoms with van der Waals surface area (Å²) in [7, 11) is 0. The molecule has 3 nitrogen and oxygen atoms in total. The molecule has 1 N–H and O–H groups in total. The van der Waals surface area contributed by atoms with Crippen molar-refractivity contribution in [3.8, 4) is 0 Å². The van der Waals surface area contributed by atoms with E-state index in [0.717, 1.165) is 6.07 Å². The van der Waals surface area contributed by atoms with Crippen LogP contribution in [0.4, 0.5) is 8.78 Å². The Balaban J connectivity index is 1.93. The number of halogens is 2. The first kappa shape index (κ1) is 14.7. The van der Waals surface area contributed by atoms with Crippen LogP contribution in [0, 0.1) is 17.0 Å². The third-order valence-electron chi connectivity index (χ3n) is 3.69. The fourth-order valence-corrected chi connectivity index (χ4v) is 2.35. The van der Waals surface area contributed by atoms with E-state index in [4.69, 9.17) is 5.11 Å². The Morgan fingerprint density at radius 3 is 2.85 bits per heavy atom. The highest BCUT2D eigenvalue weighted by Gasteiger charge is 2.39. The van der Waals surface area contributed by atoms with E-state index in [9.17, 15) is 13.6 Å². The number of benzene rings is 1. The van der Waals surface area contributed by atoms with Crippen LogP contribution in [0.2, 0.25) is 0 Å². The molecule has 20 heavy (non-hydrogen) atoms. The molecule has 1 fully saturated rings. The third-order valence-corrected chi connectivity index (χ3v) is 3.69. The van der Waals surface area contributed by atoms with Crippen LogP contribution in [-0.4, -0.2) is 35.6 Å². The van der Waals surface area contributed by atoms with Gasteiger partial charge in [-0.1, -0.05) is 12.2 Å². The molecule has 2 rings (SSSR count). The monoisotopic (exact) mass is 281 g/mol. The number of hydrogen-bond acceptors (Lipinski definition) is 2. The molecule has 0 saturated carbocycles. The molecule has 0 spiro atoms. The standard InChI is InChI=1S/C15H17F2NO2/c1-15(14(19)20)6-8-18(10-15)7-2-3-11-4-5-12(16)9-13(11)17/h2-5,9H,6-8,10H2,1H3,(H,19,20)/b3-2+. The topological polar surface area (TPSA) is 40.5 Å². The van der Waals surface area contributed by atoms with Gasteiger partial charge in [-0.3, -0.25) is 9.69 Å². The number of hydrogen-bond donors (Lipinski definition) is 1. The van der Waals surface area contributed by atoms with Gasteiger partial charge in [-0.25, -0.2) is 8.78 Å². The molecule has 1 aromatic rings. The minimum Gasteiger partial charge on any atom is -0.481 e. The smallest absolute Gasteiger partial charge is 0.310 e. The Hall–Kier alpha value is -1.75. The molecule has 0 bridgehead atoms. The number of aliphatic carboxylic acids is 1. The molecule has 0 amide bonds. The molecule has 0 radical (unpaired) electrons. The predicted octanol–water partition coefficient (Wildman–Crippen LogP) is 2.77. The van der Waals surface area contributed by atoms with Crippen LogP contribution in [-0.2, 0) is 4.79 Å². The number of likely N-dealkylation sites (tertiary alicyclic amines) is 1. The molecule has 1 atom stereocenters. The average molecular weight is 281 g/mol. The molecule has 1 aliphatic rings. The highest BCUT2D eigenvalue weighted by Crippen LogP contribution is 2.29. The number of carboxylic acids is 1. The summed E-state index contributed by atoms with van der Waals surface area (Å²) < 4.78 is 26.1. The van der Waals surface area contributed by atoms with E-state index in [1.54, 1.807) is 19.1 Å². The average Bonchev–Trinajstić information content (AvgIpc) is 2.75. The van der Waals surface area contributed by atoms with Crippen molar-refractivity contribution in [2.24, 2.45) is 5.41 Å². The highest BCUT2D eigenvalue weighted by molar-refractivity contribution is 5.74. The lowest BCUT2D eigenvalue weighted by molar-refractivity contribution is -0.147. The Kier molecular flexibility index (Phi) is 4.18. The van der Waals surface area contributed by atoms with Crippen molar-refractivity contribution in [1.29, 1.82) is 0 Å². The molecule has 5 heteroatoms. The van der Waals surface area contributed by atoms with Gasteiger partial charge in [0.15, 0.2) is 0 Å². The first-order valence-corrected chi connectivity index (χ1v) is 6.48. The van der Waals surface area contributed by atoms with Crippen molar-refractivity contribution in [1.82, 2.24) is 4.90 Å². The lowest BCUT2D eigenvalue weighted by Gasteiger charge is -2.18. The molecule has 1 aliphatic heterocycles. The van der Waals surface area contributed by atoms with E-state index in [2.05, 4.69) is 0 Å². The first-order chi connectivity index (χ1) is 9.40. The molecule has 0 aromatic heterocycles. The van der Waals surface area contributed by atoms with Crippen LogP contribution in [0.1, 0.15) is 18.9 Å². The van der Waals surface area contributed by atoms with Gasteiger partial charge < -0.3 is 5.11 Å². The lowest BCUT2D eigenvalue weighted by Crippen LogP contribution is -2.31. The van der Waals surface area contributed by atoms with Gasteiger partial charge in [0, 0.05) is 24.7 Å². The first-order valence-electron chi connectivity index (χ1n) is 6.48. The van der Waals surface area contributed by atoms with Gasteiger partial charge in [-0.15, -0.1) is 0 Å². The van der Waals surface area contributed by atoms with Gasteiger partial charge in [0.25, 0.3) is 0 Å². The van der Waals surface area contributed by atoms with Crippen molar-refractivity contribution < 1.29 is 18.7 Å². The summed E-state index contributed by atoms with van der Waals surface area (Å²) in [6.07, 6.45) is 3.97. The maximum absolute atomic E-state index is 13.4. The second-order valence-electron chi connectivity index (χ2n) is 5.42. The van der Waals surface area contributed by atoms with Crippen LogP contribution >= 0.6 is 0 Å². The summed E-state index contributed by atoms with van der Waals surface area (Å²) in [6.45, 7) is 3.48. The Labute approximate surface area is 116 Å². The van der Waals surface area contributed by atoms with Crippen LogP contribution in [0.5, 0.6) is 0 Å². The van der Waals surface area contributed by atoms with Gasteiger partial charge in [0.05, 0.1) is 5.41 Å². The van der Waals surface area contributed by atoms with Crippen molar-refractivity contribution in [3.05, 3.63) is 41.5 Å². The van der Waals surface area contributed by atoms with Crippen molar-refractivity contribution in [3.63, 3.8) is 0 Å². The Bertz CT molecular complexity index is 545. The summed E-state index contributed by atoms with van der Waals surface area (Å²) in [5.74, 6) is -1.98. The maximum Gasteiger partial charge on any atom is 0.310 e. The summed E-state index contributed by atoms with van der Waals surface area (Å²) in [4.78, 5) is 13.1. The SMILES string of the molecule is CC1(C(=O)O)CCN(C/C=C/c2ccc(F)cc2F)C1. The van der Waals surface area contributed by atoms with Gasteiger partial charge in [0.2, 0.25) is 0 Å². The van der Waals surface area contributed by atoms with E-state index >= 15 is 0 Å². The number of rotatable bonds is 4. The molecule has 1 unspecified atom stereocenters. The number of nitrogens with zero attached hydrogens (tertiary/aromatic N) is 1. The largest absolute Gasteiger partial charge is 0.481 e. The molecule has 108 valence electrons. The molecule has 1 heterocycles. The van der Waals surface area contributed by atoms with E-state index in [-0.39, 0.29) is 0 Å². The summed E-state index contributed by atoms with van der Waals surface area (Å²) in [5, 5.41) is 9.13. The lowest BCUT2D eigenvalue weighted by atomic mass is 9.90. The zero-order chi connectivity index (χ0) is 14.8. The zero-order valence-corrected chi connectivity index (χ0v) is 11.3. The summed E-state index contributed by atoms with van der Waals surface area (Å²) in [6, 6.07) is 3.43. The number of carbonyl (C=O) groups is 1. The second-order valence-corrected chi connectivity index (χ2v) is 5.42. The Morgan fingerprint density at radius 2 is 2.25 bits per heavy atom. The van der Waals surface area contributed by atoms with Gasteiger partial charge in [-0.05, 0) is 32.0 Å². The van der Waals surface area contributed by atoms with Crippen LogP contribution in [0.15, 0.2) is 24.3 Å². The van der Waals surface area contributed by atoms with Crippen LogP contribution in [0.3, 0.4) is 0 Å². The Morgan fingerprint density at radius 1 is 1.50 bits per heavy atom. The fourth-order valence-electron chi connectivity index (χ4n) is 2.35. The predicted molar refractivity (Wildman–Crippen MR) is 72.2 cm³/mol.